The minimum atomic E-state index is -0.630. The average molecular weight is 248 g/mol. The van der Waals surface area contributed by atoms with Gasteiger partial charge in [0.05, 0.1) is 6.10 Å². The summed E-state index contributed by atoms with van der Waals surface area (Å²) in [4.78, 5) is 19.4. The van der Waals surface area contributed by atoms with Gasteiger partial charge in [-0.05, 0) is 19.1 Å². The molecule has 2 rings (SSSR count). The number of amides is 1. The van der Waals surface area contributed by atoms with E-state index in [1.165, 1.54) is 0 Å². The van der Waals surface area contributed by atoms with Gasteiger partial charge in [-0.3, -0.25) is 9.78 Å². The van der Waals surface area contributed by atoms with E-state index in [4.69, 9.17) is 9.63 Å². The lowest BCUT2D eigenvalue weighted by Crippen LogP contribution is -2.30. The number of aliphatic hydroxyl groups is 1. The highest BCUT2D eigenvalue weighted by Crippen LogP contribution is 2.13. The van der Waals surface area contributed by atoms with Crippen LogP contribution in [0.5, 0.6) is 0 Å². The van der Waals surface area contributed by atoms with Crippen molar-refractivity contribution >= 4 is 5.91 Å². The molecule has 0 unspecified atom stereocenters. The molecule has 0 fully saturated rings. The van der Waals surface area contributed by atoms with Crippen LogP contribution in [0.4, 0.5) is 0 Å². The molecule has 2 aromatic rings. The number of carbonyl (C=O) groups is 1. The SMILES string of the molecule is C[C@@H](O)CNC(=O)c1nc(-c2cccnc2)no1. The summed E-state index contributed by atoms with van der Waals surface area (Å²) in [7, 11) is 0. The fourth-order valence-electron chi connectivity index (χ4n) is 1.24. The zero-order chi connectivity index (χ0) is 13.0. The smallest absolute Gasteiger partial charge is 0.316 e. The molecule has 0 aliphatic rings. The number of carbonyl (C=O) groups excluding carboxylic acids is 1. The standard InChI is InChI=1S/C11H12N4O3/c1-7(16)5-13-10(17)11-14-9(15-18-11)8-3-2-4-12-6-8/h2-4,6-7,16H,5H2,1H3,(H,13,17)/t7-/m1/s1. The van der Waals surface area contributed by atoms with E-state index in [0.717, 1.165) is 0 Å². The van der Waals surface area contributed by atoms with E-state index in [1.54, 1.807) is 31.5 Å². The lowest BCUT2D eigenvalue weighted by atomic mass is 10.3. The predicted octanol–water partition coefficient (Wildman–Crippen LogP) is 0.242. The minimum Gasteiger partial charge on any atom is -0.392 e. The summed E-state index contributed by atoms with van der Waals surface area (Å²) in [5.74, 6) is -0.363. The van der Waals surface area contributed by atoms with Crippen molar-refractivity contribution in [2.45, 2.75) is 13.0 Å². The van der Waals surface area contributed by atoms with E-state index in [2.05, 4.69) is 20.4 Å². The van der Waals surface area contributed by atoms with Gasteiger partial charge in [0.2, 0.25) is 5.82 Å². The van der Waals surface area contributed by atoms with E-state index in [1.807, 2.05) is 0 Å². The second-order valence-electron chi connectivity index (χ2n) is 3.72. The molecule has 0 spiro atoms. The van der Waals surface area contributed by atoms with Gasteiger partial charge in [-0.25, -0.2) is 0 Å². The Morgan fingerprint density at radius 2 is 2.44 bits per heavy atom. The van der Waals surface area contributed by atoms with Crippen molar-refractivity contribution in [3.05, 3.63) is 30.4 Å². The molecule has 7 heteroatoms. The summed E-state index contributed by atoms with van der Waals surface area (Å²) < 4.78 is 4.83. The molecule has 0 aliphatic heterocycles. The highest BCUT2D eigenvalue weighted by atomic mass is 16.5. The molecular weight excluding hydrogens is 236 g/mol. The molecule has 0 radical (unpaired) electrons. The van der Waals surface area contributed by atoms with Crippen molar-refractivity contribution in [1.29, 1.82) is 0 Å². The van der Waals surface area contributed by atoms with Crippen LogP contribution in [0, 0.1) is 0 Å². The molecule has 1 atom stereocenters. The Balaban J connectivity index is 2.09. The van der Waals surface area contributed by atoms with Crippen LogP contribution in [0.2, 0.25) is 0 Å². The lowest BCUT2D eigenvalue weighted by molar-refractivity contribution is 0.0880. The number of hydrogen-bond acceptors (Lipinski definition) is 6. The molecule has 0 aliphatic carbocycles. The Morgan fingerprint density at radius 1 is 1.61 bits per heavy atom. The van der Waals surface area contributed by atoms with Gasteiger partial charge >= 0.3 is 11.8 Å². The highest BCUT2D eigenvalue weighted by molar-refractivity contribution is 5.89. The monoisotopic (exact) mass is 248 g/mol. The Hall–Kier alpha value is -2.28. The minimum absolute atomic E-state index is 0.128. The Kier molecular flexibility index (Phi) is 3.63. The molecular formula is C11H12N4O3. The first-order valence-corrected chi connectivity index (χ1v) is 5.37. The first kappa shape index (κ1) is 12.2. The maximum Gasteiger partial charge on any atom is 0.316 e. The van der Waals surface area contributed by atoms with E-state index < -0.39 is 12.0 Å². The van der Waals surface area contributed by atoms with Crippen LogP contribution in [-0.4, -0.2) is 38.8 Å². The number of nitrogens with zero attached hydrogens (tertiary/aromatic N) is 3. The summed E-state index contributed by atoms with van der Waals surface area (Å²) in [6.07, 6.45) is 2.57. The zero-order valence-electron chi connectivity index (χ0n) is 9.70. The summed E-state index contributed by atoms with van der Waals surface area (Å²) in [6.45, 7) is 1.69. The molecule has 0 saturated carbocycles. The number of nitrogens with one attached hydrogen (secondary N) is 1. The zero-order valence-corrected chi connectivity index (χ0v) is 9.70. The molecule has 94 valence electrons. The molecule has 0 saturated heterocycles. The first-order valence-electron chi connectivity index (χ1n) is 5.37. The van der Waals surface area contributed by atoms with E-state index >= 15 is 0 Å². The maximum atomic E-state index is 11.6. The van der Waals surface area contributed by atoms with Crippen molar-refractivity contribution in [1.82, 2.24) is 20.4 Å². The van der Waals surface area contributed by atoms with Crippen LogP contribution in [0.3, 0.4) is 0 Å². The third-order valence-electron chi connectivity index (χ3n) is 2.10. The van der Waals surface area contributed by atoms with Crippen molar-refractivity contribution in [2.24, 2.45) is 0 Å². The number of aromatic nitrogens is 3. The fraction of sp³-hybridized carbons (Fsp3) is 0.273. The van der Waals surface area contributed by atoms with Crippen molar-refractivity contribution < 1.29 is 14.4 Å². The van der Waals surface area contributed by atoms with Gasteiger partial charge in [0.25, 0.3) is 0 Å². The van der Waals surface area contributed by atoms with Gasteiger partial charge < -0.3 is 14.9 Å². The van der Waals surface area contributed by atoms with E-state index in [0.29, 0.717) is 11.4 Å². The van der Waals surface area contributed by atoms with Crippen LogP contribution in [-0.2, 0) is 0 Å². The quantitative estimate of drug-likeness (QED) is 0.803. The number of pyridine rings is 1. The third kappa shape index (κ3) is 2.89. The number of rotatable bonds is 4. The van der Waals surface area contributed by atoms with Crippen LogP contribution in [0.15, 0.2) is 29.0 Å². The van der Waals surface area contributed by atoms with Gasteiger partial charge in [-0.2, -0.15) is 4.98 Å². The maximum absolute atomic E-state index is 11.6. The molecule has 1 amide bonds. The topological polar surface area (TPSA) is 101 Å². The normalized spacial score (nSPS) is 12.1. The van der Waals surface area contributed by atoms with Gasteiger partial charge in [0.15, 0.2) is 0 Å². The van der Waals surface area contributed by atoms with Crippen LogP contribution in [0.1, 0.15) is 17.6 Å². The number of aliphatic hydroxyl groups excluding tert-OH is 1. The second kappa shape index (κ2) is 5.37. The van der Waals surface area contributed by atoms with E-state index in [9.17, 15) is 4.79 Å². The van der Waals surface area contributed by atoms with Gasteiger partial charge in [-0.15, -0.1) is 0 Å². The largest absolute Gasteiger partial charge is 0.392 e. The third-order valence-corrected chi connectivity index (χ3v) is 2.10. The summed E-state index contributed by atoms with van der Waals surface area (Å²) >= 11 is 0. The highest BCUT2D eigenvalue weighted by Gasteiger charge is 2.16. The first-order chi connectivity index (χ1) is 8.66. The molecule has 2 heterocycles. The Labute approximate surface area is 103 Å². The van der Waals surface area contributed by atoms with Crippen molar-refractivity contribution in [2.75, 3.05) is 6.54 Å². The Bertz CT molecular complexity index is 524. The summed E-state index contributed by atoms with van der Waals surface area (Å²) in [5.41, 5.74) is 0.663. The van der Waals surface area contributed by atoms with Gasteiger partial charge in [-0.1, -0.05) is 5.16 Å². The summed E-state index contributed by atoms with van der Waals surface area (Å²) in [6, 6.07) is 3.49. The molecule has 2 aromatic heterocycles. The van der Waals surface area contributed by atoms with Crippen LogP contribution in [0.25, 0.3) is 11.4 Å². The van der Waals surface area contributed by atoms with Crippen LogP contribution < -0.4 is 5.32 Å². The van der Waals surface area contributed by atoms with Gasteiger partial charge in [0, 0.05) is 24.5 Å². The molecule has 2 N–H and O–H groups in total. The molecule has 0 bridgehead atoms. The molecule has 0 aromatic carbocycles. The molecule has 7 nitrogen and oxygen atoms in total. The molecule has 18 heavy (non-hydrogen) atoms. The van der Waals surface area contributed by atoms with Crippen LogP contribution >= 0.6 is 0 Å². The predicted molar refractivity (Wildman–Crippen MR) is 61.5 cm³/mol. The Morgan fingerprint density at radius 3 is 3.11 bits per heavy atom. The van der Waals surface area contributed by atoms with Crippen molar-refractivity contribution in [3.8, 4) is 11.4 Å². The fourth-order valence-corrected chi connectivity index (χ4v) is 1.24. The van der Waals surface area contributed by atoms with E-state index in [-0.39, 0.29) is 12.4 Å². The second-order valence-corrected chi connectivity index (χ2v) is 3.72. The summed E-state index contributed by atoms with van der Waals surface area (Å²) in [5, 5.41) is 15.2. The lowest BCUT2D eigenvalue weighted by Gasteiger charge is -2.03. The van der Waals surface area contributed by atoms with Gasteiger partial charge in [0.1, 0.15) is 0 Å². The average Bonchev–Trinajstić information content (AvgIpc) is 2.86. The van der Waals surface area contributed by atoms with Crippen molar-refractivity contribution in [3.63, 3.8) is 0 Å². The number of hydrogen-bond donors (Lipinski definition) is 2.